The Morgan fingerprint density at radius 2 is 1.78 bits per heavy atom. The zero-order chi connectivity index (χ0) is 17.0. The largest absolute Gasteiger partial charge is 0.508 e. The highest BCUT2D eigenvalue weighted by atomic mass is 16.6. The molecule has 0 spiro atoms. The molecular formula is C14H11N3O6. The van der Waals surface area contributed by atoms with Crippen molar-refractivity contribution in [2.45, 2.75) is 0 Å². The van der Waals surface area contributed by atoms with E-state index in [0.29, 0.717) is 0 Å². The number of benzene rings is 2. The van der Waals surface area contributed by atoms with Crippen molar-refractivity contribution in [3.63, 3.8) is 0 Å². The number of hydrogen-bond acceptors (Lipinski definition) is 7. The summed E-state index contributed by atoms with van der Waals surface area (Å²) in [5.41, 5.74) is 1.86. The second-order valence-corrected chi connectivity index (χ2v) is 4.44. The average molecular weight is 317 g/mol. The zero-order valence-corrected chi connectivity index (χ0v) is 11.5. The van der Waals surface area contributed by atoms with Gasteiger partial charge in [-0.15, -0.1) is 0 Å². The SMILES string of the molecule is O=C(N/N=C/c1cc([N+](=O)[O-])ccc1O)c1cc(O)cc(O)c1. The molecule has 118 valence electrons. The van der Waals surface area contributed by atoms with E-state index in [0.717, 1.165) is 42.6 Å². The van der Waals surface area contributed by atoms with Gasteiger partial charge in [-0.25, -0.2) is 5.43 Å². The topological polar surface area (TPSA) is 145 Å². The van der Waals surface area contributed by atoms with E-state index in [2.05, 4.69) is 10.5 Å². The van der Waals surface area contributed by atoms with E-state index in [1.807, 2.05) is 0 Å². The number of amides is 1. The van der Waals surface area contributed by atoms with Gasteiger partial charge in [0.2, 0.25) is 0 Å². The Kier molecular flexibility index (Phi) is 4.41. The molecule has 0 saturated carbocycles. The molecule has 0 fully saturated rings. The number of hydrogen-bond donors (Lipinski definition) is 4. The Hall–Kier alpha value is -3.62. The highest BCUT2D eigenvalue weighted by Gasteiger charge is 2.10. The van der Waals surface area contributed by atoms with Crippen LogP contribution in [0.1, 0.15) is 15.9 Å². The third-order valence-corrected chi connectivity index (χ3v) is 2.76. The number of non-ortho nitro benzene ring substituents is 1. The van der Waals surface area contributed by atoms with Gasteiger partial charge in [-0.05, 0) is 18.2 Å². The Balaban J connectivity index is 2.14. The van der Waals surface area contributed by atoms with Crippen LogP contribution < -0.4 is 5.43 Å². The van der Waals surface area contributed by atoms with Crippen molar-refractivity contribution in [1.82, 2.24) is 5.43 Å². The van der Waals surface area contributed by atoms with Gasteiger partial charge in [0.15, 0.2) is 0 Å². The van der Waals surface area contributed by atoms with Gasteiger partial charge in [-0.3, -0.25) is 14.9 Å². The number of nitro groups is 1. The average Bonchev–Trinajstić information content (AvgIpc) is 2.47. The molecule has 2 rings (SSSR count). The van der Waals surface area contributed by atoms with E-state index in [1.165, 1.54) is 0 Å². The van der Waals surface area contributed by atoms with Gasteiger partial charge >= 0.3 is 0 Å². The number of carbonyl (C=O) groups is 1. The summed E-state index contributed by atoms with van der Waals surface area (Å²) in [6.07, 6.45) is 1.03. The fourth-order valence-electron chi connectivity index (χ4n) is 1.71. The number of aromatic hydroxyl groups is 3. The lowest BCUT2D eigenvalue weighted by molar-refractivity contribution is -0.384. The third-order valence-electron chi connectivity index (χ3n) is 2.76. The molecule has 0 aromatic heterocycles. The molecular weight excluding hydrogens is 306 g/mol. The van der Waals surface area contributed by atoms with Crippen molar-refractivity contribution >= 4 is 17.8 Å². The van der Waals surface area contributed by atoms with Crippen LogP contribution in [0.15, 0.2) is 41.5 Å². The maximum absolute atomic E-state index is 11.8. The van der Waals surface area contributed by atoms with Gasteiger partial charge in [-0.1, -0.05) is 0 Å². The van der Waals surface area contributed by atoms with Crippen LogP contribution in [0.5, 0.6) is 17.2 Å². The summed E-state index contributed by atoms with van der Waals surface area (Å²) in [5, 5.41) is 42.4. The molecule has 0 bridgehead atoms. The van der Waals surface area contributed by atoms with Crippen molar-refractivity contribution in [1.29, 1.82) is 0 Å². The van der Waals surface area contributed by atoms with Crippen molar-refractivity contribution in [3.8, 4) is 17.2 Å². The Morgan fingerprint density at radius 1 is 1.13 bits per heavy atom. The van der Waals surface area contributed by atoms with Crippen LogP contribution >= 0.6 is 0 Å². The zero-order valence-electron chi connectivity index (χ0n) is 11.5. The molecule has 2 aromatic rings. The first-order chi connectivity index (χ1) is 10.9. The maximum Gasteiger partial charge on any atom is 0.271 e. The van der Waals surface area contributed by atoms with Gasteiger partial charge in [0.1, 0.15) is 17.2 Å². The number of phenolic OH excluding ortho intramolecular Hbond substituents is 3. The number of hydrazone groups is 1. The Labute approximate surface area is 129 Å². The van der Waals surface area contributed by atoms with Gasteiger partial charge in [0.25, 0.3) is 11.6 Å². The second-order valence-electron chi connectivity index (χ2n) is 4.44. The molecule has 9 nitrogen and oxygen atoms in total. The molecule has 9 heteroatoms. The molecule has 0 unspecified atom stereocenters. The van der Waals surface area contributed by atoms with Crippen LogP contribution in [0.4, 0.5) is 5.69 Å². The summed E-state index contributed by atoms with van der Waals surface area (Å²) in [5.74, 6) is -1.56. The highest BCUT2D eigenvalue weighted by molar-refractivity contribution is 5.95. The van der Waals surface area contributed by atoms with Gasteiger partial charge in [0, 0.05) is 29.3 Å². The Morgan fingerprint density at radius 3 is 2.39 bits per heavy atom. The standard InChI is InChI=1S/C14H11N3O6/c18-11-4-8(5-12(19)6-11)14(21)16-15-7-9-3-10(17(22)23)1-2-13(9)20/h1-7,18-20H,(H,16,21)/b15-7+. The fraction of sp³-hybridized carbons (Fsp3) is 0. The van der Waals surface area contributed by atoms with E-state index < -0.39 is 10.8 Å². The molecule has 0 aliphatic heterocycles. The summed E-state index contributed by atoms with van der Waals surface area (Å²) >= 11 is 0. The van der Waals surface area contributed by atoms with Gasteiger partial charge < -0.3 is 15.3 Å². The fourth-order valence-corrected chi connectivity index (χ4v) is 1.71. The number of carbonyl (C=O) groups excluding carboxylic acids is 1. The first-order valence-corrected chi connectivity index (χ1v) is 6.20. The van der Waals surface area contributed by atoms with Crippen molar-refractivity contribution in [2.75, 3.05) is 0 Å². The molecule has 23 heavy (non-hydrogen) atoms. The first kappa shape index (κ1) is 15.8. The quantitative estimate of drug-likeness (QED) is 0.381. The molecule has 0 radical (unpaired) electrons. The third kappa shape index (κ3) is 3.94. The normalized spacial score (nSPS) is 10.6. The molecule has 1 amide bonds. The second kappa shape index (κ2) is 6.43. The van der Waals surface area contributed by atoms with Crippen LogP contribution in [-0.4, -0.2) is 32.4 Å². The van der Waals surface area contributed by atoms with Crippen LogP contribution in [0, 0.1) is 10.1 Å². The predicted molar refractivity (Wildman–Crippen MR) is 79.6 cm³/mol. The number of phenols is 3. The first-order valence-electron chi connectivity index (χ1n) is 6.20. The molecule has 0 heterocycles. The lowest BCUT2D eigenvalue weighted by Crippen LogP contribution is -2.17. The molecule has 2 aromatic carbocycles. The van der Waals surface area contributed by atoms with Crippen LogP contribution in [0.25, 0.3) is 0 Å². The summed E-state index contributed by atoms with van der Waals surface area (Å²) in [6.45, 7) is 0. The van der Waals surface area contributed by atoms with E-state index in [4.69, 9.17) is 0 Å². The summed E-state index contributed by atoms with van der Waals surface area (Å²) in [6, 6.07) is 6.65. The van der Waals surface area contributed by atoms with Crippen molar-refractivity contribution in [2.24, 2.45) is 5.10 Å². The smallest absolute Gasteiger partial charge is 0.271 e. The van der Waals surface area contributed by atoms with E-state index in [9.17, 15) is 30.2 Å². The summed E-state index contributed by atoms with van der Waals surface area (Å²) < 4.78 is 0. The predicted octanol–water partition coefficient (Wildman–Crippen LogP) is 1.48. The molecule has 0 aliphatic rings. The summed E-state index contributed by atoms with van der Waals surface area (Å²) in [4.78, 5) is 21.8. The van der Waals surface area contributed by atoms with Crippen molar-refractivity contribution < 1.29 is 25.0 Å². The van der Waals surface area contributed by atoms with E-state index in [-0.39, 0.29) is 34.1 Å². The molecule has 4 N–H and O–H groups in total. The van der Waals surface area contributed by atoms with E-state index >= 15 is 0 Å². The van der Waals surface area contributed by atoms with Crippen molar-refractivity contribution in [3.05, 3.63) is 57.6 Å². The molecule has 0 saturated heterocycles. The highest BCUT2D eigenvalue weighted by Crippen LogP contribution is 2.22. The molecule has 0 aliphatic carbocycles. The minimum atomic E-state index is -0.725. The van der Waals surface area contributed by atoms with Gasteiger partial charge in [-0.2, -0.15) is 5.10 Å². The van der Waals surface area contributed by atoms with Gasteiger partial charge in [0.05, 0.1) is 11.1 Å². The summed E-state index contributed by atoms with van der Waals surface area (Å²) in [7, 11) is 0. The number of nitrogens with zero attached hydrogens (tertiary/aromatic N) is 2. The van der Waals surface area contributed by atoms with Crippen LogP contribution in [0.2, 0.25) is 0 Å². The van der Waals surface area contributed by atoms with E-state index in [1.54, 1.807) is 0 Å². The molecule has 0 atom stereocenters. The minimum absolute atomic E-state index is 0.0390. The number of nitro benzene ring substituents is 1. The minimum Gasteiger partial charge on any atom is -0.508 e. The lowest BCUT2D eigenvalue weighted by atomic mass is 10.2. The number of nitrogens with one attached hydrogen (secondary N) is 1. The number of rotatable bonds is 4. The van der Waals surface area contributed by atoms with Crippen LogP contribution in [-0.2, 0) is 0 Å². The Bertz CT molecular complexity index is 783. The lowest BCUT2D eigenvalue weighted by Gasteiger charge is -2.02. The van der Waals surface area contributed by atoms with Crippen LogP contribution in [0.3, 0.4) is 0 Å². The maximum atomic E-state index is 11.8. The monoisotopic (exact) mass is 317 g/mol.